The van der Waals surface area contributed by atoms with Crippen LogP contribution >= 0.6 is 49.6 Å². The van der Waals surface area contributed by atoms with E-state index in [1.54, 1.807) is 0 Å². The van der Waals surface area contributed by atoms with Gasteiger partial charge < -0.3 is 9.80 Å². The quantitative estimate of drug-likeness (QED) is 0.345. The Hall–Kier alpha value is 0.600. The smallest absolute Gasteiger partial charge is 0.126 e. The van der Waals surface area contributed by atoms with Crippen LogP contribution in [0.3, 0.4) is 0 Å². The molecule has 164 valence electrons. The van der Waals surface area contributed by atoms with Crippen molar-refractivity contribution in [3.63, 3.8) is 0 Å². The lowest BCUT2D eigenvalue weighted by Gasteiger charge is -2.25. The summed E-state index contributed by atoms with van der Waals surface area (Å²) in [7, 11) is 8.37. The van der Waals surface area contributed by atoms with Gasteiger partial charge in [-0.05, 0) is 94.9 Å². The van der Waals surface area contributed by atoms with Crippen molar-refractivity contribution in [1.29, 1.82) is 0 Å². The minimum atomic E-state index is -0.325. The van der Waals surface area contributed by atoms with Crippen LogP contribution in [0.15, 0.2) is 10.2 Å². The summed E-state index contributed by atoms with van der Waals surface area (Å²) in [4.78, 5) is 4.38. The third-order valence-corrected chi connectivity index (χ3v) is 3.23. The molecule has 0 saturated carbocycles. The van der Waals surface area contributed by atoms with Crippen LogP contribution in [0.1, 0.15) is 40.5 Å². The molecule has 0 heterocycles. The molecule has 0 unspecified atom stereocenters. The Labute approximate surface area is 186 Å². The number of nitrogens with zero attached hydrogens (tertiary/aromatic N) is 4. The van der Waals surface area contributed by atoms with E-state index in [4.69, 9.17) is 0 Å². The molecule has 0 saturated heterocycles. The van der Waals surface area contributed by atoms with Crippen molar-refractivity contribution in [2.45, 2.75) is 51.9 Å². The van der Waals surface area contributed by atoms with Gasteiger partial charge in [-0.2, -0.15) is 10.2 Å². The first-order valence-electron chi connectivity index (χ1n) is 8.28. The van der Waals surface area contributed by atoms with E-state index in [0.717, 1.165) is 39.0 Å². The second-order valence-corrected chi connectivity index (χ2v) is 7.49. The molecular formula is C16H42Cl4N6. The first kappa shape index (κ1) is 37.4. The van der Waals surface area contributed by atoms with Crippen LogP contribution in [0.4, 0.5) is 0 Å². The molecule has 26 heavy (non-hydrogen) atoms. The average Bonchev–Trinajstić information content (AvgIpc) is 2.38. The Balaban J connectivity index is -0.000000367. The number of halogens is 4. The van der Waals surface area contributed by atoms with Crippen LogP contribution in [-0.2, 0) is 0 Å². The maximum Gasteiger partial charge on any atom is 0.126 e. The average molecular weight is 460 g/mol. The van der Waals surface area contributed by atoms with Crippen molar-refractivity contribution in [3.8, 4) is 0 Å². The van der Waals surface area contributed by atoms with Crippen molar-refractivity contribution < 1.29 is 0 Å². The monoisotopic (exact) mass is 458 g/mol. The molecule has 0 spiro atoms. The molecule has 0 atom stereocenters. The fourth-order valence-corrected chi connectivity index (χ4v) is 1.90. The van der Waals surface area contributed by atoms with Gasteiger partial charge in [0.25, 0.3) is 0 Å². The molecule has 0 amide bonds. The number of nitrogens with one attached hydrogen (secondary N) is 2. The molecule has 0 bridgehead atoms. The first-order valence-corrected chi connectivity index (χ1v) is 8.28. The Morgan fingerprint density at radius 3 is 1.12 bits per heavy atom. The Morgan fingerprint density at radius 2 is 0.885 bits per heavy atom. The summed E-state index contributed by atoms with van der Waals surface area (Å²) in [5, 5.41) is 15.9. The minimum Gasteiger partial charge on any atom is -0.309 e. The number of azo groups is 1. The SMILES string of the molecule is CN(C)CCCNC(C)(C)N=NC(C)(C)NCCCN(C)C.Cl.Cl.Cl.Cl. The van der Waals surface area contributed by atoms with Gasteiger partial charge >= 0.3 is 0 Å². The standard InChI is InChI=1S/C16H38N6.4ClH/c1-15(2,17-11-9-13-21(5)6)19-20-16(3,4)18-12-10-14-22(7)8;;;;/h17-18H,9-14H2,1-8H3;4*1H. The second-order valence-electron chi connectivity index (χ2n) is 7.49. The van der Waals surface area contributed by atoms with Gasteiger partial charge in [0.05, 0.1) is 0 Å². The fraction of sp³-hybridized carbons (Fsp3) is 1.00. The van der Waals surface area contributed by atoms with Crippen LogP contribution in [0.25, 0.3) is 0 Å². The first-order chi connectivity index (χ1) is 10.0. The van der Waals surface area contributed by atoms with Crippen LogP contribution in [-0.4, -0.2) is 75.5 Å². The van der Waals surface area contributed by atoms with Crippen LogP contribution in [0.2, 0.25) is 0 Å². The number of hydrogen-bond acceptors (Lipinski definition) is 6. The van der Waals surface area contributed by atoms with E-state index in [-0.39, 0.29) is 61.0 Å². The van der Waals surface area contributed by atoms with E-state index in [1.807, 2.05) is 0 Å². The summed E-state index contributed by atoms with van der Waals surface area (Å²) < 4.78 is 0. The lowest BCUT2D eigenvalue weighted by Crippen LogP contribution is -2.42. The van der Waals surface area contributed by atoms with Gasteiger partial charge in [0.1, 0.15) is 11.3 Å². The van der Waals surface area contributed by atoms with Crippen LogP contribution in [0.5, 0.6) is 0 Å². The maximum absolute atomic E-state index is 4.49. The summed E-state index contributed by atoms with van der Waals surface area (Å²) in [5.41, 5.74) is -0.649. The predicted octanol–water partition coefficient (Wildman–Crippen LogP) is 3.68. The Kier molecular flexibility index (Phi) is 27.2. The lowest BCUT2D eigenvalue weighted by molar-refractivity contribution is 0.311. The third-order valence-electron chi connectivity index (χ3n) is 3.23. The van der Waals surface area contributed by atoms with Crippen molar-refractivity contribution >= 4 is 49.6 Å². The highest BCUT2D eigenvalue weighted by atomic mass is 35.5. The van der Waals surface area contributed by atoms with Gasteiger partial charge in [0, 0.05) is 0 Å². The largest absolute Gasteiger partial charge is 0.309 e. The highest BCUT2D eigenvalue weighted by molar-refractivity contribution is 5.86. The molecule has 0 aromatic heterocycles. The molecule has 6 nitrogen and oxygen atoms in total. The maximum atomic E-state index is 4.49. The van der Waals surface area contributed by atoms with Gasteiger partial charge in [0.15, 0.2) is 0 Å². The molecular weight excluding hydrogens is 418 g/mol. The molecule has 0 aromatic carbocycles. The second kappa shape index (κ2) is 18.9. The van der Waals surface area contributed by atoms with E-state index >= 15 is 0 Å². The molecule has 2 N–H and O–H groups in total. The topological polar surface area (TPSA) is 55.3 Å². The van der Waals surface area contributed by atoms with E-state index in [2.05, 4.69) is 86.5 Å². The zero-order valence-electron chi connectivity index (χ0n) is 17.7. The molecule has 0 aliphatic rings. The highest BCUT2D eigenvalue weighted by Gasteiger charge is 2.20. The van der Waals surface area contributed by atoms with Gasteiger partial charge in [0.2, 0.25) is 0 Å². The zero-order valence-corrected chi connectivity index (χ0v) is 20.9. The molecule has 10 heteroatoms. The highest BCUT2D eigenvalue weighted by Crippen LogP contribution is 2.11. The minimum absolute atomic E-state index is 0. The van der Waals surface area contributed by atoms with E-state index in [9.17, 15) is 0 Å². The van der Waals surface area contributed by atoms with Gasteiger partial charge in [-0.15, -0.1) is 49.6 Å². The summed E-state index contributed by atoms with van der Waals surface area (Å²) >= 11 is 0. The van der Waals surface area contributed by atoms with Crippen molar-refractivity contribution in [1.82, 2.24) is 20.4 Å². The van der Waals surface area contributed by atoms with Crippen LogP contribution in [0, 0.1) is 0 Å². The molecule has 0 aliphatic heterocycles. The Bertz CT molecular complexity index is 296. The molecule has 0 aromatic rings. The van der Waals surface area contributed by atoms with Gasteiger partial charge in [-0.3, -0.25) is 10.6 Å². The predicted molar refractivity (Wildman–Crippen MR) is 124 cm³/mol. The fourth-order valence-electron chi connectivity index (χ4n) is 1.90. The summed E-state index contributed by atoms with van der Waals surface area (Å²) in [6.07, 6.45) is 2.22. The Morgan fingerprint density at radius 1 is 0.615 bits per heavy atom. The van der Waals surface area contributed by atoms with Crippen LogP contribution < -0.4 is 10.6 Å². The number of hydrogen-bond donors (Lipinski definition) is 2. The molecule has 0 fully saturated rings. The lowest BCUT2D eigenvalue weighted by atomic mass is 10.2. The van der Waals surface area contributed by atoms with Gasteiger partial charge in [-0.25, -0.2) is 0 Å². The van der Waals surface area contributed by atoms with Crippen molar-refractivity contribution in [3.05, 3.63) is 0 Å². The summed E-state index contributed by atoms with van der Waals surface area (Å²) in [5.74, 6) is 0. The van der Waals surface area contributed by atoms with Gasteiger partial charge in [-0.1, -0.05) is 0 Å². The van der Waals surface area contributed by atoms with Crippen molar-refractivity contribution in [2.24, 2.45) is 10.2 Å². The number of rotatable bonds is 12. The normalized spacial score (nSPS) is 11.6. The molecule has 0 aliphatic carbocycles. The molecule has 0 rings (SSSR count). The molecule has 0 radical (unpaired) electrons. The van der Waals surface area contributed by atoms with Crippen molar-refractivity contribution in [2.75, 3.05) is 54.4 Å². The van der Waals surface area contributed by atoms with E-state index < -0.39 is 0 Å². The van der Waals surface area contributed by atoms with E-state index in [0.29, 0.717) is 0 Å². The summed E-state index contributed by atoms with van der Waals surface area (Å²) in [6.45, 7) is 12.3. The van der Waals surface area contributed by atoms with E-state index in [1.165, 1.54) is 0 Å². The summed E-state index contributed by atoms with van der Waals surface area (Å²) in [6, 6.07) is 0. The zero-order chi connectivity index (χ0) is 17.2. The third kappa shape index (κ3) is 24.6.